The third kappa shape index (κ3) is 6.08. The number of aliphatic hydroxyl groups is 1. The first-order chi connectivity index (χ1) is 18.3. The first-order valence-corrected chi connectivity index (χ1v) is 13.0. The van der Waals surface area contributed by atoms with Crippen LogP contribution in [0.4, 0.5) is 11.8 Å². The summed E-state index contributed by atoms with van der Waals surface area (Å²) in [5, 5.41) is 21.0. The quantitative estimate of drug-likeness (QED) is 0.412. The topological polar surface area (TPSA) is 117 Å². The number of carbonyl (C=O) groups excluding carboxylic acids is 1. The molecular formula is C28H37N7O3. The van der Waals surface area contributed by atoms with Gasteiger partial charge in [-0.2, -0.15) is 5.10 Å². The van der Waals surface area contributed by atoms with Crippen LogP contribution in [-0.2, 0) is 11.3 Å². The molecule has 202 valence electrons. The Bertz CT molecular complexity index is 1250. The summed E-state index contributed by atoms with van der Waals surface area (Å²) in [7, 11) is 3.60. The van der Waals surface area contributed by atoms with Crippen molar-refractivity contribution in [3.8, 4) is 11.1 Å². The van der Waals surface area contributed by atoms with E-state index >= 15 is 0 Å². The van der Waals surface area contributed by atoms with Crippen molar-refractivity contribution in [3.05, 3.63) is 58.5 Å². The summed E-state index contributed by atoms with van der Waals surface area (Å²) in [4.78, 5) is 26.5. The van der Waals surface area contributed by atoms with Gasteiger partial charge in [-0.3, -0.25) is 4.79 Å². The van der Waals surface area contributed by atoms with Crippen LogP contribution < -0.4 is 15.1 Å². The molecule has 10 heteroatoms. The molecule has 0 unspecified atom stereocenters. The fourth-order valence-electron chi connectivity index (χ4n) is 4.95. The zero-order chi connectivity index (χ0) is 27.2. The minimum absolute atomic E-state index is 0.0248. The van der Waals surface area contributed by atoms with Crippen LogP contribution in [0.1, 0.15) is 45.7 Å². The van der Waals surface area contributed by atoms with E-state index in [1.807, 2.05) is 40.0 Å². The number of aryl methyl sites for hydroxylation is 3. The maximum atomic E-state index is 12.4. The number of nitrogens with one attached hydrogen (secondary N) is 1. The van der Waals surface area contributed by atoms with Gasteiger partial charge < -0.3 is 25.0 Å². The molecule has 0 saturated carbocycles. The largest absolute Gasteiger partial charge is 0.392 e. The lowest BCUT2D eigenvalue weighted by Crippen LogP contribution is -2.44. The average Bonchev–Trinajstić information content (AvgIpc) is 2.92. The van der Waals surface area contributed by atoms with Gasteiger partial charge >= 0.3 is 0 Å². The van der Waals surface area contributed by atoms with Crippen molar-refractivity contribution in [1.82, 2.24) is 25.5 Å². The third-order valence-electron chi connectivity index (χ3n) is 7.12. The number of hydrogen-bond acceptors (Lipinski definition) is 9. The number of anilines is 2. The van der Waals surface area contributed by atoms with Crippen LogP contribution in [-0.4, -0.2) is 77.6 Å². The van der Waals surface area contributed by atoms with E-state index in [4.69, 9.17) is 14.7 Å². The highest BCUT2D eigenvalue weighted by Gasteiger charge is 2.26. The molecular weight excluding hydrogens is 482 g/mol. The predicted octanol–water partition coefficient (Wildman–Crippen LogP) is 2.83. The van der Waals surface area contributed by atoms with E-state index in [0.29, 0.717) is 24.5 Å². The van der Waals surface area contributed by atoms with Crippen molar-refractivity contribution in [2.45, 2.75) is 46.3 Å². The highest BCUT2D eigenvalue weighted by atomic mass is 16.5. The molecule has 0 aliphatic carbocycles. The Labute approximate surface area is 224 Å². The second-order valence-corrected chi connectivity index (χ2v) is 9.77. The van der Waals surface area contributed by atoms with Crippen LogP contribution in [0.3, 0.4) is 0 Å². The van der Waals surface area contributed by atoms with Crippen LogP contribution >= 0.6 is 0 Å². The molecule has 3 aromatic rings. The van der Waals surface area contributed by atoms with Gasteiger partial charge in [-0.1, -0.05) is 23.8 Å². The molecule has 10 nitrogen and oxygen atoms in total. The van der Waals surface area contributed by atoms with Gasteiger partial charge in [-0.05, 0) is 50.8 Å². The van der Waals surface area contributed by atoms with Crippen molar-refractivity contribution in [2.24, 2.45) is 0 Å². The average molecular weight is 520 g/mol. The summed E-state index contributed by atoms with van der Waals surface area (Å²) in [5.41, 5.74) is 6.28. The van der Waals surface area contributed by atoms with E-state index in [2.05, 4.69) is 31.4 Å². The van der Waals surface area contributed by atoms with Gasteiger partial charge in [-0.15, -0.1) is 5.10 Å². The lowest BCUT2D eigenvalue weighted by Gasteiger charge is -2.37. The normalized spacial score (nSPS) is 14.0. The van der Waals surface area contributed by atoms with Crippen molar-refractivity contribution in [3.63, 3.8) is 0 Å². The number of nitrogens with zero attached hydrogens (tertiary/aromatic N) is 6. The first-order valence-electron chi connectivity index (χ1n) is 13.0. The molecule has 1 aromatic carbocycles. The number of rotatable bonds is 9. The Morgan fingerprint density at radius 2 is 1.87 bits per heavy atom. The Morgan fingerprint density at radius 3 is 2.53 bits per heavy atom. The molecule has 0 radical (unpaired) electrons. The Morgan fingerprint density at radius 1 is 1.16 bits per heavy atom. The minimum Gasteiger partial charge on any atom is -0.392 e. The van der Waals surface area contributed by atoms with Crippen LogP contribution in [0.5, 0.6) is 0 Å². The molecule has 2 aromatic heterocycles. The smallest absolute Gasteiger partial charge is 0.253 e. The number of ether oxygens (including phenoxy) is 1. The van der Waals surface area contributed by atoms with E-state index in [0.717, 1.165) is 65.5 Å². The molecule has 1 saturated heterocycles. The second kappa shape index (κ2) is 12.3. The lowest BCUT2D eigenvalue weighted by molar-refractivity contribution is 0.0936. The molecule has 1 fully saturated rings. The van der Waals surface area contributed by atoms with E-state index in [9.17, 15) is 9.90 Å². The number of hydrogen-bond donors (Lipinski definition) is 2. The standard InChI is InChI=1S/C28H37N7O3/c1-18-6-7-21(17-36)24(14-18)26-19(2)31-28(32-20(26)3)35-11-8-23(9-12-35)34(4)25-15-22(16-30-33-25)27(37)29-10-13-38-5/h6-7,14-16,23,36H,8-13,17H2,1-5H3,(H,29,37). The fourth-order valence-corrected chi connectivity index (χ4v) is 4.95. The summed E-state index contributed by atoms with van der Waals surface area (Å²) in [6.45, 7) is 8.56. The number of piperidine rings is 1. The molecule has 1 aliphatic heterocycles. The van der Waals surface area contributed by atoms with Crippen molar-refractivity contribution in [2.75, 3.05) is 50.2 Å². The molecule has 0 atom stereocenters. The second-order valence-electron chi connectivity index (χ2n) is 9.77. The van der Waals surface area contributed by atoms with Gasteiger partial charge in [0.05, 0.1) is 36.4 Å². The molecule has 0 spiro atoms. The Balaban J connectivity index is 1.44. The van der Waals surface area contributed by atoms with Crippen LogP contribution in [0, 0.1) is 20.8 Å². The van der Waals surface area contributed by atoms with Crippen molar-refractivity contribution < 1.29 is 14.6 Å². The summed E-state index contributed by atoms with van der Waals surface area (Å²) < 4.78 is 4.99. The van der Waals surface area contributed by atoms with Gasteiger partial charge in [0.2, 0.25) is 5.95 Å². The molecule has 4 rings (SSSR count). The first kappa shape index (κ1) is 27.4. The van der Waals surface area contributed by atoms with Crippen LogP contribution in [0.15, 0.2) is 30.5 Å². The van der Waals surface area contributed by atoms with E-state index in [1.165, 1.54) is 6.20 Å². The summed E-state index contributed by atoms with van der Waals surface area (Å²) >= 11 is 0. The molecule has 1 aliphatic rings. The summed E-state index contributed by atoms with van der Waals surface area (Å²) in [6.07, 6.45) is 3.28. The summed E-state index contributed by atoms with van der Waals surface area (Å²) in [6, 6.07) is 8.10. The minimum atomic E-state index is -0.190. The van der Waals surface area contributed by atoms with Gasteiger partial charge in [0.15, 0.2) is 5.82 Å². The molecule has 0 bridgehead atoms. The predicted molar refractivity (Wildman–Crippen MR) is 147 cm³/mol. The highest BCUT2D eigenvalue weighted by Crippen LogP contribution is 2.32. The van der Waals surface area contributed by atoms with Gasteiger partial charge in [0, 0.05) is 45.4 Å². The van der Waals surface area contributed by atoms with Crippen LogP contribution in [0.25, 0.3) is 11.1 Å². The zero-order valence-electron chi connectivity index (χ0n) is 22.9. The van der Waals surface area contributed by atoms with E-state index in [-0.39, 0.29) is 18.6 Å². The number of amides is 1. The van der Waals surface area contributed by atoms with Gasteiger partial charge in [0.25, 0.3) is 5.91 Å². The van der Waals surface area contributed by atoms with E-state index in [1.54, 1.807) is 13.2 Å². The third-order valence-corrected chi connectivity index (χ3v) is 7.12. The number of carbonyl (C=O) groups is 1. The van der Waals surface area contributed by atoms with Crippen molar-refractivity contribution >= 4 is 17.7 Å². The maximum Gasteiger partial charge on any atom is 0.253 e. The molecule has 3 heterocycles. The molecule has 1 amide bonds. The number of methoxy groups -OCH3 is 1. The van der Waals surface area contributed by atoms with Gasteiger partial charge in [-0.25, -0.2) is 9.97 Å². The van der Waals surface area contributed by atoms with Crippen molar-refractivity contribution in [1.29, 1.82) is 0 Å². The number of benzene rings is 1. The molecule has 2 N–H and O–H groups in total. The molecule has 38 heavy (non-hydrogen) atoms. The summed E-state index contributed by atoms with van der Waals surface area (Å²) in [5.74, 6) is 1.22. The monoisotopic (exact) mass is 519 g/mol. The highest BCUT2D eigenvalue weighted by molar-refractivity contribution is 5.94. The SMILES string of the molecule is COCCNC(=O)c1cnnc(N(C)C2CCN(c3nc(C)c(-c4cc(C)ccc4CO)c(C)n3)CC2)c1. The fraction of sp³-hybridized carbons (Fsp3) is 0.464. The number of aliphatic hydroxyl groups excluding tert-OH is 1. The van der Waals surface area contributed by atoms with Crippen LogP contribution in [0.2, 0.25) is 0 Å². The maximum absolute atomic E-state index is 12.4. The number of aromatic nitrogens is 4. The zero-order valence-corrected chi connectivity index (χ0v) is 22.9. The lowest BCUT2D eigenvalue weighted by atomic mass is 9.96. The Hall–Kier alpha value is -3.63. The van der Waals surface area contributed by atoms with E-state index < -0.39 is 0 Å². The van der Waals surface area contributed by atoms with Gasteiger partial charge in [0.1, 0.15) is 0 Å². The Kier molecular flexibility index (Phi) is 8.85.